The minimum atomic E-state index is -2.04. The molecule has 0 aliphatic heterocycles. The Labute approximate surface area is 439 Å². The first-order valence-corrected chi connectivity index (χ1v) is 23.7. The van der Waals surface area contributed by atoms with Crippen molar-refractivity contribution in [3.63, 3.8) is 0 Å². The quantitative estimate of drug-likeness (QED) is 0.0305. The number of nitrogens with one attached hydrogen (secondary N) is 10. The predicted octanol–water partition coefficient (Wildman–Crippen LogP) is -8.01. The van der Waals surface area contributed by atoms with Crippen LogP contribution in [0.1, 0.15) is 79.8 Å². The molecular weight excluding hydrogens is 1030 g/mol. The molecule has 0 bridgehead atoms. The van der Waals surface area contributed by atoms with Gasteiger partial charge in [-0.1, -0.05) is 27.7 Å². The number of aromatic amines is 1. The number of aliphatic hydroxyl groups is 4. The topological polar surface area (TPSA) is 547 Å². The maximum Gasteiger partial charge on any atom is 0.328 e. The fourth-order valence-electron chi connectivity index (χ4n) is 6.70. The fraction of sp³-hybridized carbons (Fsp3) is 0.636. The Morgan fingerprint density at radius 3 is 1.26 bits per heavy atom. The molecule has 1 aromatic rings. The molecule has 0 radical (unpaired) electrons. The van der Waals surface area contributed by atoms with Crippen molar-refractivity contribution >= 4 is 77.0 Å². The number of carbonyl (C=O) groups excluding carboxylic acids is 9. The molecule has 432 valence electrons. The number of nitrogens with zero attached hydrogens (tertiary/aromatic N) is 1. The molecule has 13 atom stereocenters. The van der Waals surface area contributed by atoms with E-state index in [-0.39, 0.29) is 5.69 Å². The summed E-state index contributed by atoms with van der Waals surface area (Å²) in [5.41, 5.74) is 5.90. The average molecular weight is 1100 g/mol. The van der Waals surface area contributed by atoms with Crippen molar-refractivity contribution in [1.29, 1.82) is 0 Å². The van der Waals surface area contributed by atoms with Crippen LogP contribution in [0.25, 0.3) is 0 Å². The number of aromatic nitrogens is 2. The Morgan fingerprint density at radius 1 is 0.481 bits per heavy atom. The van der Waals surface area contributed by atoms with Crippen LogP contribution >= 0.6 is 0 Å². The Kier molecular flexibility index (Phi) is 27.8. The van der Waals surface area contributed by atoms with Crippen molar-refractivity contribution in [3.05, 3.63) is 18.2 Å². The summed E-state index contributed by atoms with van der Waals surface area (Å²) in [6.45, 7) is 7.96. The standard InChI is InChI=1S/C44H70N12O21/c1-16(2)30(45)40(72)52-26(14-57)39(71)51-24(11-28(63)64)36(68)49-23(10-21-13-46-15-47-21)37(69)54-32(18(5)58)43(75)55-33(19(6)59)42(74)53-31(17(3)4)41(73)48-22(8-9-27(61)62)35(67)50-25(12-29(65)66)38(70)56-34(20(7)60)44(76)77/h13,15-20,22-26,30-34,57-60H,8-12,14,45H2,1-7H3,(H,46,47)(H,48,73)(H,49,68)(H,50,67)(H,51,71)(H,52,72)(H,53,74)(H,54,69)(H,55,75)(H,56,70)(H,61,62)(H,63,64)(H,65,66)(H,76,77)/t18-,19-,20-,22+,23+,24+,25+,26+,30+,31+,32+,33+,34+/m1/s1. The summed E-state index contributed by atoms with van der Waals surface area (Å²) < 4.78 is 0. The van der Waals surface area contributed by atoms with Crippen LogP contribution in [-0.2, 0) is 68.7 Å². The number of H-pyrrole nitrogens is 1. The Hall–Kier alpha value is -7.88. The third kappa shape index (κ3) is 22.9. The maximum atomic E-state index is 13.9. The zero-order valence-electron chi connectivity index (χ0n) is 43.0. The second-order valence-corrected chi connectivity index (χ2v) is 18.4. The predicted molar refractivity (Wildman–Crippen MR) is 258 cm³/mol. The molecular formula is C44H70N12O21. The van der Waals surface area contributed by atoms with Crippen molar-refractivity contribution < 1.29 is 103 Å². The van der Waals surface area contributed by atoms with Gasteiger partial charge in [0.25, 0.3) is 0 Å². The minimum absolute atomic E-state index is 0.102. The van der Waals surface area contributed by atoms with E-state index >= 15 is 0 Å². The summed E-state index contributed by atoms with van der Waals surface area (Å²) >= 11 is 0. The molecule has 0 aromatic carbocycles. The number of carboxylic acid groups (broad SMARTS) is 4. The lowest BCUT2D eigenvalue weighted by atomic mass is 10.0. The summed E-state index contributed by atoms with van der Waals surface area (Å²) in [5, 5.41) is 97.9. The third-order valence-corrected chi connectivity index (χ3v) is 11.2. The summed E-state index contributed by atoms with van der Waals surface area (Å²) in [4.78, 5) is 174. The SMILES string of the molecule is CC(C)[C@H](N)C(=O)N[C@@H](CO)C(=O)N[C@@H](CC(=O)O)C(=O)N[C@@H](Cc1c[nH]cn1)C(=O)N[C@H](C(=O)N[C@H](C(=O)N[C@H](C(=O)N[C@@H](CCC(=O)O)C(=O)N[C@@H](CC(=O)O)C(=O)N[C@H](C(=O)O)[C@@H](C)O)C(C)C)[C@@H](C)O)[C@@H](C)O. The van der Waals surface area contributed by atoms with Gasteiger partial charge in [0, 0.05) is 19.0 Å². The van der Waals surface area contributed by atoms with E-state index in [1.54, 1.807) is 13.8 Å². The second-order valence-electron chi connectivity index (χ2n) is 18.4. The second kappa shape index (κ2) is 31.9. The van der Waals surface area contributed by atoms with Gasteiger partial charge in [-0.2, -0.15) is 0 Å². The molecule has 33 heteroatoms. The zero-order chi connectivity index (χ0) is 59.2. The maximum absolute atomic E-state index is 13.9. The molecule has 0 fully saturated rings. The molecule has 1 aromatic heterocycles. The summed E-state index contributed by atoms with van der Waals surface area (Å²) in [6.07, 6.45) is -7.14. The molecule has 20 N–H and O–H groups in total. The van der Waals surface area contributed by atoms with Gasteiger partial charge in [0.15, 0.2) is 6.04 Å². The number of hydrogen-bond donors (Lipinski definition) is 19. The Morgan fingerprint density at radius 2 is 0.857 bits per heavy atom. The monoisotopic (exact) mass is 1100 g/mol. The number of carbonyl (C=O) groups is 13. The molecule has 1 heterocycles. The van der Waals surface area contributed by atoms with Gasteiger partial charge in [-0.05, 0) is 39.0 Å². The first-order chi connectivity index (χ1) is 35.7. The zero-order valence-corrected chi connectivity index (χ0v) is 43.0. The normalized spacial score (nSPS) is 16.3. The van der Waals surface area contributed by atoms with Crippen LogP contribution < -0.4 is 53.6 Å². The van der Waals surface area contributed by atoms with Gasteiger partial charge in [-0.3, -0.25) is 57.5 Å². The van der Waals surface area contributed by atoms with Gasteiger partial charge < -0.3 is 99.4 Å². The molecule has 9 amide bonds. The number of aliphatic hydroxyl groups excluding tert-OH is 4. The van der Waals surface area contributed by atoms with Crippen LogP contribution in [0.2, 0.25) is 0 Å². The smallest absolute Gasteiger partial charge is 0.328 e. The van der Waals surface area contributed by atoms with Gasteiger partial charge in [0.1, 0.15) is 48.3 Å². The highest BCUT2D eigenvalue weighted by Gasteiger charge is 2.39. The number of hydrogen-bond acceptors (Lipinski definition) is 19. The van der Waals surface area contributed by atoms with Crippen LogP contribution in [0.5, 0.6) is 0 Å². The number of amides is 9. The minimum Gasteiger partial charge on any atom is -0.481 e. The average Bonchev–Trinajstić information content (AvgIpc) is 3.84. The number of nitrogens with two attached hydrogens (primary N) is 1. The molecule has 1 rings (SSSR count). The van der Waals surface area contributed by atoms with E-state index in [9.17, 15) is 103 Å². The van der Waals surface area contributed by atoms with Crippen molar-refractivity contribution in [3.8, 4) is 0 Å². The highest BCUT2D eigenvalue weighted by atomic mass is 16.4. The molecule has 0 spiro atoms. The van der Waals surface area contributed by atoms with Gasteiger partial charge in [0.05, 0.1) is 55.8 Å². The fourth-order valence-corrected chi connectivity index (χ4v) is 6.70. The van der Waals surface area contributed by atoms with Crippen LogP contribution in [0.15, 0.2) is 12.5 Å². The molecule has 33 nitrogen and oxygen atoms in total. The van der Waals surface area contributed by atoms with Gasteiger partial charge in [-0.25, -0.2) is 9.78 Å². The molecule has 0 saturated heterocycles. The van der Waals surface area contributed by atoms with Crippen molar-refractivity contribution in [2.24, 2.45) is 17.6 Å². The van der Waals surface area contributed by atoms with Crippen LogP contribution in [0.4, 0.5) is 0 Å². The number of imidazole rings is 1. The van der Waals surface area contributed by atoms with E-state index in [2.05, 4.69) is 47.2 Å². The third-order valence-electron chi connectivity index (χ3n) is 11.2. The first kappa shape index (κ1) is 67.1. The number of aliphatic carboxylic acids is 4. The lowest BCUT2D eigenvalue weighted by Crippen LogP contribution is -2.64. The number of rotatable bonds is 34. The Balaban J connectivity index is 3.45. The van der Waals surface area contributed by atoms with Crippen LogP contribution in [0.3, 0.4) is 0 Å². The number of carboxylic acids is 4. The van der Waals surface area contributed by atoms with Crippen molar-refractivity contribution in [2.75, 3.05) is 6.61 Å². The Bertz CT molecular complexity index is 2260. The van der Waals surface area contributed by atoms with Crippen LogP contribution in [-0.4, -0.2) is 213 Å². The highest BCUT2D eigenvalue weighted by molar-refractivity contribution is 6.00. The first-order valence-electron chi connectivity index (χ1n) is 23.7. The van der Waals surface area contributed by atoms with E-state index in [1.807, 2.05) is 10.6 Å². The molecule has 77 heavy (non-hydrogen) atoms. The largest absolute Gasteiger partial charge is 0.481 e. The lowest BCUT2D eigenvalue weighted by molar-refractivity contribution is -0.146. The van der Waals surface area contributed by atoms with Gasteiger partial charge >= 0.3 is 23.9 Å². The van der Waals surface area contributed by atoms with Crippen molar-refractivity contribution in [2.45, 2.75) is 159 Å². The van der Waals surface area contributed by atoms with E-state index in [1.165, 1.54) is 26.4 Å². The molecule has 0 saturated carbocycles. The van der Waals surface area contributed by atoms with E-state index < -0.39 is 206 Å². The summed E-state index contributed by atoms with van der Waals surface area (Å²) in [5.74, 6) is -19.1. The molecule has 0 aliphatic carbocycles. The molecule has 0 aliphatic rings. The highest BCUT2D eigenvalue weighted by Crippen LogP contribution is 2.10. The van der Waals surface area contributed by atoms with E-state index in [0.717, 1.165) is 20.8 Å². The van der Waals surface area contributed by atoms with E-state index in [4.69, 9.17) is 5.73 Å². The lowest BCUT2D eigenvalue weighted by Gasteiger charge is -2.30. The van der Waals surface area contributed by atoms with E-state index in [0.29, 0.717) is 0 Å². The van der Waals surface area contributed by atoms with Gasteiger partial charge in [-0.15, -0.1) is 0 Å². The van der Waals surface area contributed by atoms with Crippen LogP contribution in [0, 0.1) is 11.8 Å². The summed E-state index contributed by atoms with van der Waals surface area (Å²) in [7, 11) is 0. The van der Waals surface area contributed by atoms with Crippen molar-refractivity contribution in [1.82, 2.24) is 57.8 Å². The van der Waals surface area contributed by atoms with Gasteiger partial charge in [0.2, 0.25) is 53.2 Å². The summed E-state index contributed by atoms with van der Waals surface area (Å²) in [6, 6.07) is -18.2. The molecule has 0 unspecified atom stereocenters.